The van der Waals surface area contributed by atoms with Crippen LogP contribution in [0.1, 0.15) is 61.3 Å². The molecule has 14 atom stereocenters. The van der Waals surface area contributed by atoms with E-state index in [0.29, 0.717) is 40.5 Å². The zero-order valence-corrected chi connectivity index (χ0v) is 50.2. The monoisotopic (exact) mass is 1360 g/mol. The molecule has 0 saturated carbocycles. The Bertz CT molecular complexity index is 3940. The van der Waals surface area contributed by atoms with Gasteiger partial charge in [-0.05, 0) is 60.0 Å². The number of alkyl halides is 3. The van der Waals surface area contributed by atoms with Crippen molar-refractivity contribution in [3.8, 4) is 28.7 Å². The molecule has 12 rings (SSSR count). The van der Waals surface area contributed by atoms with Crippen molar-refractivity contribution in [2.45, 2.75) is 101 Å². The smallest absolute Gasteiger partial charge is 0.469 e. The van der Waals surface area contributed by atoms with E-state index < -0.39 is 163 Å². The number of imidazole rings is 1. The fourth-order valence-corrected chi connectivity index (χ4v) is 11.1. The Kier molecular flexibility index (Phi) is 20.9. The van der Waals surface area contributed by atoms with Crippen molar-refractivity contribution in [3.05, 3.63) is 120 Å². The van der Waals surface area contributed by atoms with E-state index >= 15 is 0 Å². The molecule has 40 heteroatoms. The number of phosphoric acid groups is 1. The number of aromatic amines is 2. The van der Waals surface area contributed by atoms with Gasteiger partial charge >= 0.3 is 31.7 Å². The summed E-state index contributed by atoms with van der Waals surface area (Å²) in [6.07, 6.45) is -16.4. The summed E-state index contributed by atoms with van der Waals surface area (Å²) in [7, 11) is -1.92. The van der Waals surface area contributed by atoms with Crippen LogP contribution < -0.4 is 41.2 Å². The first kappa shape index (κ1) is 69.8. The van der Waals surface area contributed by atoms with E-state index in [2.05, 4.69) is 24.8 Å². The van der Waals surface area contributed by atoms with Gasteiger partial charge in [0.2, 0.25) is 24.3 Å². The van der Waals surface area contributed by atoms with Crippen molar-refractivity contribution in [2.24, 2.45) is 17.8 Å². The fraction of sp³-hybridized carbons (Fsp3) is 0.463. The van der Waals surface area contributed by atoms with Crippen LogP contribution in [0.4, 0.5) is 39.1 Å². The zero-order chi connectivity index (χ0) is 68.6. The number of cyclic esters (lactones) is 1. The number of phenols is 1. The van der Waals surface area contributed by atoms with Crippen LogP contribution in [0, 0.1) is 39.8 Å². The van der Waals surface area contributed by atoms with Crippen molar-refractivity contribution in [2.75, 3.05) is 51.9 Å². The lowest BCUT2D eigenvalue weighted by Gasteiger charge is -2.47. The van der Waals surface area contributed by atoms with Gasteiger partial charge in [0.1, 0.15) is 48.3 Å². The number of ether oxygens (including phenoxy) is 10. The third kappa shape index (κ3) is 15.0. The number of nitrogen functional groups attached to an aromatic ring is 1. The Morgan fingerprint density at radius 2 is 1.60 bits per heavy atom. The number of phosphoric ester groups is 1. The predicted octanol–water partition coefficient (Wildman–Crippen LogP) is 2.03. The predicted molar refractivity (Wildman–Crippen MR) is 301 cm³/mol. The number of amides is 1. The summed E-state index contributed by atoms with van der Waals surface area (Å²) in [6.45, 7) is 4.41. The Hall–Kier alpha value is -8.57. The number of aromatic nitrogens is 6. The molecule has 1 aliphatic carbocycles. The van der Waals surface area contributed by atoms with Crippen LogP contribution in [-0.4, -0.2) is 178 Å². The third-order valence-electron chi connectivity index (χ3n) is 15.2. The number of nitro groups is 1. The molecule has 34 nitrogen and oxygen atoms in total. The largest absolute Gasteiger partial charge is 0.502 e. The van der Waals surface area contributed by atoms with E-state index in [4.69, 9.17) is 62.9 Å². The normalized spacial score (nSPS) is 26.6. The number of carbonyl (C=O) groups excluding carboxylic acids is 2. The topological polar surface area (TPSA) is 485 Å². The van der Waals surface area contributed by atoms with E-state index in [0.717, 1.165) is 23.0 Å². The minimum Gasteiger partial charge on any atom is -0.502 e. The van der Waals surface area contributed by atoms with Gasteiger partial charge in [-0.15, -0.1) is 0 Å². The zero-order valence-electron chi connectivity index (χ0n) is 49.3. The third-order valence-corrected chi connectivity index (χ3v) is 15.7. The second-order valence-electron chi connectivity index (χ2n) is 21.6. The van der Waals surface area contributed by atoms with Crippen LogP contribution >= 0.6 is 7.82 Å². The first-order chi connectivity index (χ1) is 44.3. The van der Waals surface area contributed by atoms with Crippen LogP contribution in [0.2, 0.25) is 0 Å². The van der Waals surface area contributed by atoms with Gasteiger partial charge in [0.15, 0.2) is 58.8 Å². The number of rotatable bonds is 12. The Labute approximate surface area is 523 Å². The van der Waals surface area contributed by atoms with Gasteiger partial charge in [0.25, 0.3) is 11.2 Å². The molecule has 1 amide bonds. The van der Waals surface area contributed by atoms with Gasteiger partial charge < -0.3 is 98.7 Å². The minimum absolute atomic E-state index is 0.0301. The summed E-state index contributed by atoms with van der Waals surface area (Å²) in [5.41, 5.74) is 3.26. The number of H-pyrrole nitrogens is 2. The molecule has 6 aromatic rings. The first-order valence-electron chi connectivity index (χ1n) is 27.8. The average molecular weight is 1360 g/mol. The number of phenolic OH excluding ortho intramolecular Hbond substituents is 1. The lowest BCUT2D eigenvalue weighted by molar-refractivity contribution is -0.388. The van der Waals surface area contributed by atoms with Crippen LogP contribution in [0.5, 0.6) is 28.7 Å². The summed E-state index contributed by atoms with van der Waals surface area (Å²) in [5, 5.41) is 65.3. The molecule has 6 aliphatic rings. The number of aliphatic hydroxyl groups is 4. The number of nitrogens with one attached hydrogen (secondary N) is 3. The molecule has 5 aliphatic heterocycles. The SMILES string of the molecule is CC(C)C(=O)Nc1ccc([N+](=O)[O-])c(C(F)(F)F)c1.COc1cc([C@@H]2c3cc4c(cc3[C@@H](O[C@@H]3O[C@@H]5CO[C@@H](C)O[C@H]5[C@H](O)[C@H]3O)[C@H]3COC(=O)[C@H]23)OCO4)cc(OC)c1O.Nc1nc(F)nc2c1ncn2[C@@H]1O[C@H](COP(=O)(O)O)[C@@H](O)[C@@H]1O.O=c1[nH]cc(F)c(=O)[nH]1. The van der Waals surface area contributed by atoms with Gasteiger partial charge in [-0.3, -0.25) is 38.6 Å². The second-order valence-corrected chi connectivity index (χ2v) is 22.8. The van der Waals surface area contributed by atoms with E-state index in [9.17, 15) is 81.3 Å². The van der Waals surface area contributed by atoms with E-state index in [1.54, 1.807) is 50.0 Å². The number of nitrogens with zero attached hydrogens (tertiary/aromatic N) is 5. The molecular weight excluding hydrogens is 1300 g/mol. The highest BCUT2D eigenvalue weighted by Crippen LogP contribution is 2.57. The number of benzene rings is 3. The number of nitrogens with two attached hydrogens (primary N) is 1. The van der Waals surface area contributed by atoms with E-state index in [1.807, 2.05) is 4.98 Å². The van der Waals surface area contributed by atoms with Crippen LogP contribution in [0.3, 0.4) is 0 Å². The highest BCUT2D eigenvalue weighted by molar-refractivity contribution is 7.46. The van der Waals surface area contributed by atoms with Gasteiger partial charge in [-0.25, -0.2) is 14.3 Å². The number of halogens is 5. The Morgan fingerprint density at radius 3 is 2.20 bits per heavy atom. The Morgan fingerprint density at radius 1 is 0.926 bits per heavy atom. The van der Waals surface area contributed by atoms with E-state index in [-0.39, 0.29) is 59.9 Å². The number of methoxy groups -OCH3 is 2. The minimum atomic E-state index is -4.86. The maximum atomic E-state index is 13.4. The molecule has 3 aromatic heterocycles. The van der Waals surface area contributed by atoms with Crippen molar-refractivity contribution in [1.29, 1.82) is 0 Å². The summed E-state index contributed by atoms with van der Waals surface area (Å²) >= 11 is 0. The molecule has 0 spiro atoms. The number of anilines is 2. The lowest BCUT2D eigenvalue weighted by atomic mass is 9.66. The van der Waals surface area contributed by atoms with Crippen LogP contribution in [0.25, 0.3) is 11.2 Å². The van der Waals surface area contributed by atoms with Crippen molar-refractivity contribution in [3.63, 3.8) is 0 Å². The number of carbonyl (C=O) groups is 2. The van der Waals surface area contributed by atoms with E-state index in [1.165, 1.54) is 14.2 Å². The summed E-state index contributed by atoms with van der Waals surface area (Å²) in [6, 6.07) is 9.27. The lowest BCUT2D eigenvalue weighted by Crippen LogP contribution is -2.63. The van der Waals surface area contributed by atoms with Crippen molar-refractivity contribution >= 4 is 48.1 Å². The molecule has 3 aromatic carbocycles. The summed E-state index contributed by atoms with van der Waals surface area (Å²) in [4.78, 5) is 86.3. The molecule has 4 fully saturated rings. The quantitative estimate of drug-likeness (QED) is 0.0208. The number of aliphatic hydroxyl groups excluding tert-OH is 4. The maximum Gasteiger partial charge on any atom is 0.469 e. The maximum absolute atomic E-state index is 13.4. The van der Waals surface area contributed by atoms with Crippen molar-refractivity contribution < 1.29 is 128 Å². The molecule has 0 radical (unpaired) electrons. The number of hydrogen-bond acceptors (Lipinski definition) is 27. The van der Waals surface area contributed by atoms with Gasteiger partial charge in [-0.1, -0.05) is 13.8 Å². The number of fused-ring (bicyclic) bond motifs is 5. The average Bonchev–Trinajstić information content (AvgIpc) is 0.990. The molecule has 8 heterocycles. The standard InChI is InChI=1S/C29H32O13.C11H11F3N2O3.C10H13FN5O7P.C4H3FN2O2/c1-11-36-9-20-27(40-11)24(31)25(32)29(41-20)42-26-14-7-17-16(38-10-39-17)6-13(14)21(22-15(26)8-37-28(22)33)12-4-18(34-2)23(30)19(5-12)35-3;1-6(2)10(17)15-7-3-4-9(16(18)19)8(5-7)11(12,13)14;11-10-14-7(12)4-8(15-10)16(2-13-4)9-6(18)5(17)3(23-9)1-22-24(19,20)21;5-2-1-6-4(9)7-3(2)8/h4-7,11,15,20-22,24-27,29-32H,8-10H2,1-3H3;3-6H,1-2H3,(H,15,17);2-3,5-6,9,17-18H,1H2,(H2,12,14,15)(H2,19,20,21);1H,(H2,6,7,8,9)/t11-,15+,20-,21-,22+,24-,25-,26-,27-,29+;;3-,5-,6+,9-;/m1.1./s1. The number of aromatic hydroxyl groups is 1. The van der Waals surface area contributed by atoms with Gasteiger partial charge in [0.05, 0.1) is 57.3 Å². The highest BCUT2D eigenvalue weighted by atomic mass is 31.2. The van der Waals surface area contributed by atoms with Crippen molar-refractivity contribution in [1.82, 2.24) is 29.5 Å². The molecule has 4 saturated heterocycles. The number of hydrogen-bond donors (Lipinski definition) is 11. The molecular formula is C54H59F5N9O25P. The van der Waals surface area contributed by atoms with Gasteiger partial charge in [0, 0.05) is 35.7 Å². The van der Waals surface area contributed by atoms with Crippen LogP contribution in [0.15, 0.2) is 64.6 Å². The van der Waals surface area contributed by atoms with Crippen LogP contribution in [-0.2, 0) is 53.3 Å². The second kappa shape index (κ2) is 28.2. The first-order valence-corrected chi connectivity index (χ1v) is 29.3. The number of esters is 1. The Balaban J connectivity index is 0.000000169. The molecule has 12 N–H and O–H groups in total. The number of nitro benzene ring substituents is 1. The highest BCUT2D eigenvalue weighted by Gasteiger charge is 2.56. The van der Waals surface area contributed by atoms with Gasteiger partial charge in [-0.2, -0.15) is 31.9 Å². The molecule has 0 unspecified atom stereocenters. The molecule has 0 bridgehead atoms. The fourth-order valence-electron chi connectivity index (χ4n) is 10.8. The summed E-state index contributed by atoms with van der Waals surface area (Å²) in [5.74, 6) is -3.12. The summed E-state index contributed by atoms with van der Waals surface area (Å²) < 4.78 is 136. The molecule has 510 valence electrons. The molecule has 94 heavy (non-hydrogen) atoms.